The number of carbonyl (C=O) groups excluding carboxylic acids is 4. The molecule has 0 atom stereocenters. The third-order valence-corrected chi connectivity index (χ3v) is 11.5. The molecule has 2 aliphatic heterocycles. The van der Waals surface area contributed by atoms with E-state index in [0.717, 1.165) is 27.2 Å². The lowest BCUT2D eigenvalue weighted by Gasteiger charge is -2.14. The molecule has 0 aliphatic carbocycles. The van der Waals surface area contributed by atoms with Gasteiger partial charge in [0.05, 0.1) is 109 Å². The van der Waals surface area contributed by atoms with Crippen molar-refractivity contribution in [2.75, 3.05) is 125 Å². The van der Waals surface area contributed by atoms with Gasteiger partial charge >= 0.3 is 11.9 Å². The van der Waals surface area contributed by atoms with Crippen LogP contribution in [0.5, 0.6) is 23.0 Å². The number of ether oxygens (including phenoxy) is 12. The largest absolute Gasteiger partial charge is 0.491 e. The van der Waals surface area contributed by atoms with Crippen LogP contribution in [0.1, 0.15) is 55.0 Å². The molecule has 0 radical (unpaired) electrons. The molecule has 2 amide bonds. The average molecular weight is 1080 g/mol. The summed E-state index contributed by atoms with van der Waals surface area (Å²) < 4.78 is 68.7. The molecule has 0 saturated carbocycles. The number of amides is 2. The second-order valence-corrected chi connectivity index (χ2v) is 16.2. The van der Waals surface area contributed by atoms with Crippen LogP contribution in [0.15, 0.2) is 66.7 Å². The van der Waals surface area contributed by atoms with E-state index in [0.29, 0.717) is 137 Å². The zero-order valence-corrected chi connectivity index (χ0v) is 41.0. The third-order valence-electron chi connectivity index (χ3n) is 10.3. The van der Waals surface area contributed by atoms with Gasteiger partial charge in [0.1, 0.15) is 56.0 Å². The summed E-state index contributed by atoms with van der Waals surface area (Å²) in [4.78, 5) is 53.0. The van der Waals surface area contributed by atoms with Gasteiger partial charge in [-0.2, -0.15) is 0 Å². The van der Waals surface area contributed by atoms with E-state index in [1.165, 1.54) is 0 Å². The smallest absolute Gasteiger partial charge is 0.338 e. The van der Waals surface area contributed by atoms with E-state index in [1.807, 2.05) is 36.4 Å². The fourth-order valence-electron chi connectivity index (χ4n) is 7.02. The first-order valence-corrected chi connectivity index (χ1v) is 24.7. The van der Waals surface area contributed by atoms with Crippen molar-refractivity contribution >= 4 is 66.4 Å². The molecule has 0 unspecified atom stereocenters. The van der Waals surface area contributed by atoms with Crippen molar-refractivity contribution in [1.29, 1.82) is 0 Å². The maximum atomic E-state index is 13.2. The number of imide groups is 1. The Balaban J connectivity index is 0.921. The van der Waals surface area contributed by atoms with Gasteiger partial charge in [-0.3, -0.25) is 19.3 Å². The van der Waals surface area contributed by atoms with E-state index in [1.54, 1.807) is 30.3 Å². The second-order valence-electron chi connectivity index (χ2n) is 15.0. The molecule has 0 saturated heterocycles. The van der Waals surface area contributed by atoms with Gasteiger partial charge in [0.15, 0.2) is 0 Å². The molecule has 0 N–H and O–H groups in total. The molecular formula is C49H57Br2NO16. The summed E-state index contributed by atoms with van der Waals surface area (Å²) in [6, 6.07) is 20.1. The highest BCUT2D eigenvalue weighted by atomic mass is 79.9. The molecule has 6 bridgehead atoms. The number of nitrogens with zero attached hydrogens (tertiary/aromatic N) is 1. The van der Waals surface area contributed by atoms with Crippen LogP contribution in [0.3, 0.4) is 0 Å². The summed E-state index contributed by atoms with van der Waals surface area (Å²) in [6.45, 7) is 5.04. The topological polar surface area (TPSA) is 182 Å². The Hall–Kier alpha value is -4.86. The van der Waals surface area contributed by atoms with Gasteiger partial charge in [-0.15, -0.1) is 0 Å². The van der Waals surface area contributed by atoms with Crippen LogP contribution in [0.4, 0.5) is 0 Å². The molecule has 6 rings (SSSR count). The lowest BCUT2D eigenvalue weighted by atomic mass is 9.99. The molecule has 2 heterocycles. The number of fused-ring (bicyclic) bond motifs is 3. The minimum absolute atomic E-state index is 0.00483. The van der Waals surface area contributed by atoms with Crippen LogP contribution >= 0.6 is 31.9 Å². The lowest BCUT2D eigenvalue weighted by Crippen LogP contribution is -2.36. The minimum atomic E-state index is -0.721. The molecule has 0 spiro atoms. The molecular weight excluding hydrogens is 1020 g/mol. The third kappa shape index (κ3) is 16.1. The van der Waals surface area contributed by atoms with E-state index in [-0.39, 0.29) is 45.2 Å². The summed E-state index contributed by atoms with van der Waals surface area (Å²) >= 11 is 6.73. The number of esters is 2. The molecule has 2 aliphatic rings. The van der Waals surface area contributed by atoms with E-state index < -0.39 is 30.3 Å². The van der Waals surface area contributed by atoms with Crippen LogP contribution in [-0.2, 0) is 53.3 Å². The van der Waals surface area contributed by atoms with E-state index in [9.17, 15) is 19.2 Å². The van der Waals surface area contributed by atoms with Crippen LogP contribution < -0.4 is 18.9 Å². The van der Waals surface area contributed by atoms with E-state index >= 15 is 0 Å². The standard InChI is InChI=1S/C49H57Br2NO16/c50-32-35-9-10-36(33-51)46-45(35)47(54)52(48(46)55)34-44(53)67-11-1-2-12-68-49(56)37-29-38-31-39(30-37)64-26-22-60-18-14-58-16-20-62-24-28-66-43-8-4-6-41-40(43)5-3-7-42(41)65-27-23-61-19-15-57-13-17-59-21-25-63-38/h3-10,29-31H,1-2,11-28,32-34H2. The fraction of sp³-hybridized carbons (Fsp3) is 0.469. The average Bonchev–Trinajstić information content (AvgIpc) is 3.60. The van der Waals surface area contributed by atoms with Gasteiger partial charge in [0.25, 0.3) is 11.8 Å². The number of halogens is 2. The van der Waals surface area contributed by atoms with Crippen molar-refractivity contribution in [3.63, 3.8) is 0 Å². The molecule has 0 aromatic heterocycles. The first kappa shape index (κ1) is 52.5. The van der Waals surface area contributed by atoms with Crippen LogP contribution in [0.2, 0.25) is 0 Å². The Bertz CT molecular complexity index is 2130. The number of hydrogen-bond donors (Lipinski definition) is 0. The summed E-state index contributed by atoms with van der Waals surface area (Å²) in [6.07, 6.45) is 0.753. The van der Waals surface area contributed by atoms with Crippen molar-refractivity contribution in [2.45, 2.75) is 23.5 Å². The summed E-state index contributed by atoms with van der Waals surface area (Å²) in [5.41, 5.74) is 2.13. The molecule has 68 heavy (non-hydrogen) atoms. The van der Waals surface area contributed by atoms with Crippen LogP contribution in [0.25, 0.3) is 10.8 Å². The predicted molar refractivity (Wildman–Crippen MR) is 255 cm³/mol. The number of benzene rings is 4. The SMILES string of the molecule is O=C(CN1C(=O)c2c(CBr)ccc(CBr)c2C1=O)OCCCCOC(=O)c1cc2cc(c1)OCCOCCOCCOCCOc1cccc3c(cccc13)OCCOCCOCCOCCO2. The molecule has 19 heteroatoms. The van der Waals surface area contributed by atoms with E-state index in [4.69, 9.17) is 56.8 Å². The van der Waals surface area contributed by atoms with Gasteiger partial charge in [-0.05, 0) is 48.2 Å². The predicted octanol–water partition coefficient (Wildman–Crippen LogP) is 6.73. The summed E-state index contributed by atoms with van der Waals surface area (Å²) in [5.74, 6) is -0.144. The second kappa shape index (κ2) is 29.2. The van der Waals surface area contributed by atoms with E-state index in [2.05, 4.69) is 31.9 Å². The fourth-order valence-corrected chi connectivity index (χ4v) is 7.96. The Morgan fingerprint density at radius 1 is 0.500 bits per heavy atom. The highest BCUT2D eigenvalue weighted by Gasteiger charge is 2.40. The zero-order valence-electron chi connectivity index (χ0n) is 37.8. The number of rotatable bonds is 10. The van der Waals surface area contributed by atoms with Gasteiger partial charge in [-0.25, -0.2) is 4.79 Å². The highest BCUT2D eigenvalue weighted by molar-refractivity contribution is 9.08. The highest BCUT2D eigenvalue weighted by Crippen LogP contribution is 2.33. The number of unbranched alkanes of at least 4 members (excludes halogenated alkanes) is 1. The number of alkyl halides is 2. The van der Waals surface area contributed by atoms with Crippen LogP contribution in [0, 0.1) is 0 Å². The monoisotopic (exact) mass is 1070 g/mol. The Morgan fingerprint density at radius 2 is 0.897 bits per heavy atom. The summed E-state index contributed by atoms with van der Waals surface area (Å²) in [5, 5.41) is 2.66. The van der Waals surface area contributed by atoms with Gasteiger partial charge in [0, 0.05) is 27.5 Å². The van der Waals surface area contributed by atoms with Crippen LogP contribution in [-0.4, -0.2) is 154 Å². The molecule has 4 aromatic rings. The summed E-state index contributed by atoms with van der Waals surface area (Å²) in [7, 11) is 0. The van der Waals surface area contributed by atoms with Gasteiger partial charge in [-0.1, -0.05) is 68.3 Å². The van der Waals surface area contributed by atoms with Crippen molar-refractivity contribution in [3.05, 3.63) is 94.5 Å². The number of hydrogen-bond acceptors (Lipinski definition) is 16. The van der Waals surface area contributed by atoms with Crippen molar-refractivity contribution in [2.24, 2.45) is 0 Å². The minimum Gasteiger partial charge on any atom is -0.491 e. The Morgan fingerprint density at radius 3 is 1.32 bits per heavy atom. The van der Waals surface area contributed by atoms with Crippen molar-refractivity contribution < 1.29 is 76.0 Å². The van der Waals surface area contributed by atoms with Crippen molar-refractivity contribution in [3.8, 4) is 23.0 Å². The Labute approximate surface area is 412 Å². The number of carbonyl (C=O) groups is 4. The molecule has 4 aromatic carbocycles. The Kier molecular flexibility index (Phi) is 22.6. The first-order valence-electron chi connectivity index (χ1n) is 22.5. The quantitative estimate of drug-likeness (QED) is 0.0705. The maximum Gasteiger partial charge on any atom is 0.338 e. The molecule has 0 fully saturated rings. The maximum absolute atomic E-state index is 13.2. The van der Waals surface area contributed by atoms with Gasteiger partial charge in [0.2, 0.25) is 0 Å². The zero-order chi connectivity index (χ0) is 47.8. The van der Waals surface area contributed by atoms with Gasteiger partial charge < -0.3 is 56.8 Å². The van der Waals surface area contributed by atoms with Crippen molar-refractivity contribution in [1.82, 2.24) is 4.90 Å². The normalized spacial score (nSPS) is 16.7. The lowest BCUT2D eigenvalue weighted by molar-refractivity contribution is -0.144. The first-order chi connectivity index (χ1) is 33.4. The molecule has 368 valence electrons. The molecule has 17 nitrogen and oxygen atoms in total.